The van der Waals surface area contributed by atoms with Gasteiger partial charge >= 0.3 is 0 Å². The Labute approximate surface area is 194 Å². The zero-order chi connectivity index (χ0) is 19.6. The van der Waals surface area contributed by atoms with Crippen molar-refractivity contribution in [3.05, 3.63) is 28.2 Å². The molecule has 0 fully saturated rings. The fourth-order valence-corrected chi connectivity index (χ4v) is 4.09. The Hall–Kier alpha value is -0.810. The molecule has 0 bridgehead atoms. The van der Waals surface area contributed by atoms with Crippen molar-refractivity contribution in [2.24, 2.45) is 10.9 Å². The molecule has 0 aliphatic heterocycles. The van der Waals surface area contributed by atoms with Crippen LogP contribution in [0.1, 0.15) is 31.0 Å². The van der Waals surface area contributed by atoms with E-state index in [1.807, 2.05) is 18.4 Å². The van der Waals surface area contributed by atoms with Gasteiger partial charge in [-0.05, 0) is 36.5 Å². The SMILES string of the molecule is CN=C(NCCCc1nnc(SC)n1CC(C)C)N(C)CCc1cccs1.I. The van der Waals surface area contributed by atoms with Crippen LogP contribution in [0.2, 0.25) is 0 Å². The van der Waals surface area contributed by atoms with Crippen LogP contribution < -0.4 is 5.32 Å². The molecule has 2 heterocycles. The van der Waals surface area contributed by atoms with Gasteiger partial charge in [-0.2, -0.15) is 0 Å². The lowest BCUT2D eigenvalue weighted by Gasteiger charge is -2.21. The molecule has 0 atom stereocenters. The summed E-state index contributed by atoms with van der Waals surface area (Å²) in [6.07, 6.45) is 5.03. The van der Waals surface area contributed by atoms with E-state index in [0.717, 1.165) is 55.8 Å². The first kappa shape index (κ1) is 25.2. The second-order valence-corrected chi connectivity index (χ2v) is 8.74. The van der Waals surface area contributed by atoms with Crippen LogP contribution in [-0.2, 0) is 19.4 Å². The number of nitrogens with zero attached hydrogens (tertiary/aromatic N) is 5. The fourth-order valence-electron chi connectivity index (χ4n) is 2.87. The summed E-state index contributed by atoms with van der Waals surface area (Å²) in [6, 6.07) is 4.29. The van der Waals surface area contributed by atoms with Crippen molar-refractivity contribution in [2.75, 3.05) is 33.4 Å². The van der Waals surface area contributed by atoms with E-state index in [-0.39, 0.29) is 24.0 Å². The first-order valence-electron chi connectivity index (χ1n) is 9.45. The van der Waals surface area contributed by atoms with Gasteiger partial charge in [0.15, 0.2) is 11.1 Å². The van der Waals surface area contributed by atoms with E-state index in [4.69, 9.17) is 0 Å². The average Bonchev–Trinajstić information content (AvgIpc) is 3.29. The molecule has 2 aromatic rings. The number of nitrogens with one attached hydrogen (secondary N) is 1. The Bertz CT molecular complexity index is 699. The Balaban J connectivity index is 0.00000392. The lowest BCUT2D eigenvalue weighted by atomic mass is 10.2. The van der Waals surface area contributed by atoms with Gasteiger partial charge in [-0.1, -0.05) is 31.7 Å². The highest BCUT2D eigenvalue weighted by Gasteiger charge is 2.12. The zero-order valence-electron chi connectivity index (χ0n) is 17.5. The second-order valence-electron chi connectivity index (χ2n) is 6.94. The lowest BCUT2D eigenvalue weighted by Crippen LogP contribution is -2.40. The van der Waals surface area contributed by atoms with Crippen molar-refractivity contribution in [2.45, 2.75) is 44.8 Å². The predicted molar refractivity (Wildman–Crippen MR) is 132 cm³/mol. The van der Waals surface area contributed by atoms with Crippen molar-refractivity contribution in [3.63, 3.8) is 0 Å². The number of aryl methyl sites for hydroxylation is 1. The summed E-state index contributed by atoms with van der Waals surface area (Å²) in [5.41, 5.74) is 0. The van der Waals surface area contributed by atoms with Crippen LogP contribution in [0.15, 0.2) is 27.7 Å². The smallest absolute Gasteiger partial charge is 0.193 e. The molecule has 2 aromatic heterocycles. The number of guanidine groups is 1. The van der Waals surface area contributed by atoms with Gasteiger partial charge in [0.1, 0.15) is 5.82 Å². The van der Waals surface area contributed by atoms with Gasteiger partial charge in [0, 0.05) is 45.0 Å². The first-order chi connectivity index (χ1) is 13.0. The number of hydrogen-bond acceptors (Lipinski definition) is 5. The monoisotopic (exact) mass is 536 g/mol. The largest absolute Gasteiger partial charge is 0.356 e. The Morgan fingerprint density at radius 2 is 2.14 bits per heavy atom. The number of aliphatic imine (C=N–C) groups is 1. The Morgan fingerprint density at radius 1 is 1.36 bits per heavy atom. The van der Waals surface area contributed by atoms with Crippen LogP contribution in [0.3, 0.4) is 0 Å². The fraction of sp³-hybridized carbons (Fsp3) is 0.632. The third-order valence-electron chi connectivity index (χ3n) is 4.23. The Kier molecular flexibility index (Phi) is 12.1. The summed E-state index contributed by atoms with van der Waals surface area (Å²) >= 11 is 3.47. The predicted octanol–water partition coefficient (Wildman–Crippen LogP) is 4.02. The third-order valence-corrected chi connectivity index (χ3v) is 5.83. The number of thioether (sulfide) groups is 1. The van der Waals surface area contributed by atoms with Gasteiger partial charge in [-0.25, -0.2) is 0 Å². The maximum atomic E-state index is 4.41. The van der Waals surface area contributed by atoms with Crippen LogP contribution >= 0.6 is 47.1 Å². The van der Waals surface area contributed by atoms with E-state index < -0.39 is 0 Å². The van der Waals surface area contributed by atoms with E-state index in [1.54, 1.807) is 11.8 Å². The van der Waals surface area contributed by atoms with Crippen molar-refractivity contribution in [3.8, 4) is 0 Å². The normalized spacial score (nSPS) is 11.6. The molecular formula is C19H33IN6S2. The molecule has 1 N–H and O–H groups in total. The van der Waals surface area contributed by atoms with Gasteiger partial charge in [0.05, 0.1) is 0 Å². The molecule has 0 saturated carbocycles. The first-order valence-corrected chi connectivity index (χ1v) is 11.6. The van der Waals surface area contributed by atoms with Crippen LogP contribution in [-0.4, -0.2) is 59.1 Å². The molecule has 9 heteroatoms. The lowest BCUT2D eigenvalue weighted by molar-refractivity contribution is 0.472. The highest BCUT2D eigenvalue weighted by molar-refractivity contribution is 14.0. The average molecular weight is 537 g/mol. The second kappa shape index (κ2) is 13.4. The molecule has 0 radical (unpaired) electrons. The molecule has 0 aliphatic rings. The maximum absolute atomic E-state index is 4.41. The quantitative estimate of drug-likeness (QED) is 0.164. The Morgan fingerprint density at radius 3 is 2.75 bits per heavy atom. The van der Waals surface area contributed by atoms with Gasteiger partial charge in [0.2, 0.25) is 0 Å². The molecule has 0 aliphatic carbocycles. The molecule has 0 spiro atoms. The van der Waals surface area contributed by atoms with Crippen molar-refractivity contribution in [1.29, 1.82) is 0 Å². The number of halogens is 1. The summed E-state index contributed by atoms with van der Waals surface area (Å²) in [5, 5.41) is 15.3. The summed E-state index contributed by atoms with van der Waals surface area (Å²) in [6.45, 7) is 7.26. The van der Waals surface area contributed by atoms with Gasteiger partial charge < -0.3 is 14.8 Å². The molecule has 6 nitrogen and oxygen atoms in total. The van der Waals surface area contributed by atoms with Crippen LogP contribution in [0.25, 0.3) is 0 Å². The highest BCUT2D eigenvalue weighted by Crippen LogP contribution is 2.16. The van der Waals surface area contributed by atoms with Crippen LogP contribution in [0.4, 0.5) is 0 Å². The number of likely N-dealkylation sites (N-methyl/N-ethyl adjacent to an activating group) is 1. The highest BCUT2D eigenvalue weighted by atomic mass is 127. The maximum Gasteiger partial charge on any atom is 0.193 e. The summed E-state index contributed by atoms with van der Waals surface area (Å²) in [7, 11) is 3.93. The van der Waals surface area contributed by atoms with Crippen LogP contribution in [0, 0.1) is 5.92 Å². The standard InChI is InChI=1S/C19H32N6S2.HI/c1-15(2)14-25-17(22-23-19(25)26-5)9-6-11-21-18(20-3)24(4)12-10-16-8-7-13-27-16;/h7-8,13,15H,6,9-12,14H2,1-5H3,(H,20,21);1H. The minimum Gasteiger partial charge on any atom is -0.356 e. The van der Waals surface area contributed by atoms with Gasteiger partial charge in [0.25, 0.3) is 0 Å². The summed E-state index contributed by atoms with van der Waals surface area (Å²) in [5.74, 6) is 2.61. The topological polar surface area (TPSA) is 58.3 Å². The summed E-state index contributed by atoms with van der Waals surface area (Å²) in [4.78, 5) is 8.00. The zero-order valence-corrected chi connectivity index (χ0v) is 21.5. The molecular weight excluding hydrogens is 503 g/mol. The minimum absolute atomic E-state index is 0. The number of rotatable bonds is 10. The van der Waals surface area contributed by atoms with Crippen molar-refractivity contribution < 1.29 is 0 Å². The molecule has 2 rings (SSSR count). The van der Waals surface area contributed by atoms with E-state index in [9.17, 15) is 0 Å². The number of aromatic nitrogens is 3. The molecule has 0 unspecified atom stereocenters. The summed E-state index contributed by atoms with van der Waals surface area (Å²) < 4.78 is 2.26. The molecule has 0 saturated heterocycles. The molecule has 0 aromatic carbocycles. The van der Waals surface area contributed by atoms with E-state index in [0.29, 0.717) is 5.92 Å². The minimum atomic E-state index is 0. The molecule has 0 amide bonds. The van der Waals surface area contributed by atoms with Crippen LogP contribution in [0.5, 0.6) is 0 Å². The third kappa shape index (κ3) is 7.90. The molecule has 28 heavy (non-hydrogen) atoms. The van der Waals surface area contributed by atoms with Gasteiger partial charge in [-0.3, -0.25) is 4.99 Å². The van der Waals surface area contributed by atoms with Crippen molar-refractivity contribution in [1.82, 2.24) is 25.0 Å². The van der Waals surface area contributed by atoms with Gasteiger partial charge in [-0.15, -0.1) is 45.5 Å². The molecule has 158 valence electrons. The van der Waals surface area contributed by atoms with E-state index in [1.165, 1.54) is 4.88 Å². The van der Waals surface area contributed by atoms with Crippen molar-refractivity contribution >= 4 is 53.0 Å². The van der Waals surface area contributed by atoms with E-state index in [2.05, 4.69) is 74.6 Å². The van der Waals surface area contributed by atoms with E-state index >= 15 is 0 Å². The number of thiophene rings is 1. The number of hydrogen-bond donors (Lipinski definition) is 1.